The van der Waals surface area contributed by atoms with E-state index in [-0.39, 0.29) is 12.0 Å². The average Bonchev–Trinajstić information content (AvgIpc) is 3.18. The van der Waals surface area contributed by atoms with E-state index in [0.717, 1.165) is 36.4 Å². The molecule has 9 heteroatoms. The number of rotatable bonds is 2. The fraction of sp³-hybridized carbons (Fsp3) is 0.400. The molecule has 0 radical (unpaired) electrons. The maximum absolute atomic E-state index is 12.5. The molecule has 0 aliphatic carbocycles. The zero-order valence-corrected chi connectivity index (χ0v) is 18.4. The summed E-state index contributed by atoms with van der Waals surface area (Å²) in [6.07, 6.45) is 2.12. The van der Waals surface area contributed by atoms with Crippen LogP contribution in [0.1, 0.15) is 38.1 Å². The minimum absolute atomic E-state index is 0.131. The second-order valence-corrected chi connectivity index (χ2v) is 9.97. The van der Waals surface area contributed by atoms with Crippen molar-refractivity contribution in [3.63, 3.8) is 0 Å². The SMILES string of the molecule is CC(=O)Nc1sc2c(c1-c1nc3cccnc3s1)CCN(C(=O)OC(C)(C)C)C2. The first-order valence-corrected chi connectivity index (χ1v) is 11.0. The maximum Gasteiger partial charge on any atom is 0.410 e. The van der Waals surface area contributed by atoms with Crippen molar-refractivity contribution < 1.29 is 14.3 Å². The Hall–Kier alpha value is -2.52. The summed E-state index contributed by atoms with van der Waals surface area (Å²) in [5.74, 6) is -0.131. The Morgan fingerprint density at radius 1 is 1.28 bits per heavy atom. The van der Waals surface area contributed by atoms with Gasteiger partial charge in [0.1, 0.15) is 26.0 Å². The summed E-state index contributed by atoms with van der Waals surface area (Å²) >= 11 is 3.01. The van der Waals surface area contributed by atoms with E-state index < -0.39 is 5.60 Å². The molecule has 1 aliphatic heterocycles. The van der Waals surface area contributed by atoms with Gasteiger partial charge in [-0.05, 0) is 44.9 Å². The van der Waals surface area contributed by atoms with Crippen molar-refractivity contribution in [2.45, 2.75) is 46.3 Å². The topological polar surface area (TPSA) is 84.4 Å². The van der Waals surface area contributed by atoms with E-state index in [0.29, 0.717) is 19.5 Å². The van der Waals surface area contributed by atoms with Crippen molar-refractivity contribution in [3.05, 3.63) is 28.8 Å². The van der Waals surface area contributed by atoms with Gasteiger partial charge >= 0.3 is 6.09 Å². The number of amides is 2. The van der Waals surface area contributed by atoms with Crippen molar-refractivity contribution in [1.29, 1.82) is 0 Å². The van der Waals surface area contributed by atoms with Gasteiger partial charge in [0.05, 0.1) is 6.54 Å². The van der Waals surface area contributed by atoms with Gasteiger partial charge in [0.25, 0.3) is 0 Å². The summed E-state index contributed by atoms with van der Waals surface area (Å²) < 4.78 is 5.52. The van der Waals surface area contributed by atoms with Crippen LogP contribution < -0.4 is 5.32 Å². The summed E-state index contributed by atoms with van der Waals surface area (Å²) in [6, 6.07) is 3.80. The molecule has 0 saturated carbocycles. The van der Waals surface area contributed by atoms with Crippen LogP contribution >= 0.6 is 22.7 Å². The molecule has 3 aromatic heterocycles. The number of carbonyl (C=O) groups excluding carboxylic acids is 2. The fourth-order valence-electron chi connectivity index (χ4n) is 3.24. The standard InChI is InChI=1S/C20H22N4O3S2/c1-11(25)22-17-15(18-23-13-6-5-8-21-16(13)29-18)12-7-9-24(10-14(12)28-17)19(26)27-20(2,3)4/h5-6,8H,7,9-10H2,1-4H3,(H,22,25). The smallest absolute Gasteiger partial charge is 0.410 e. The van der Waals surface area contributed by atoms with Crippen molar-refractivity contribution in [3.8, 4) is 10.6 Å². The van der Waals surface area contributed by atoms with Crippen LogP contribution in [-0.2, 0) is 22.5 Å². The molecule has 0 saturated heterocycles. The molecule has 0 spiro atoms. The minimum atomic E-state index is -0.534. The van der Waals surface area contributed by atoms with Gasteiger partial charge in [-0.25, -0.2) is 14.8 Å². The van der Waals surface area contributed by atoms with Gasteiger partial charge in [0.2, 0.25) is 5.91 Å². The third-order valence-electron chi connectivity index (χ3n) is 4.38. The summed E-state index contributed by atoms with van der Waals surface area (Å²) in [6.45, 7) is 8.10. The molecule has 4 rings (SSSR count). The molecule has 0 aromatic carbocycles. The Bertz CT molecular complexity index is 1060. The molecule has 0 unspecified atom stereocenters. The van der Waals surface area contributed by atoms with E-state index >= 15 is 0 Å². The van der Waals surface area contributed by atoms with E-state index in [2.05, 4.69) is 10.3 Å². The molecular weight excluding hydrogens is 408 g/mol. The van der Waals surface area contributed by atoms with Crippen LogP contribution in [0.25, 0.3) is 20.9 Å². The number of thiophene rings is 1. The van der Waals surface area contributed by atoms with Gasteiger partial charge in [-0.1, -0.05) is 11.3 Å². The number of ether oxygens (including phenoxy) is 1. The molecule has 0 bridgehead atoms. The lowest BCUT2D eigenvalue weighted by atomic mass is 10.0. The predicted octanol–water partition coefficient (Wildman–Crippen LogP) is 4.67. The van der Waals surface area contributed by atoms with E-state index in [4.69, 9.17) is 9.72 Å². The molecule has 152 valence electrons. The van der Waals surface area contributed by atoms with E-state index in [1.165, 1.54) is 29.6 Å². The average molecular weight is 431 g/mol. The summed E-state index contributed by atoms with van der Waals surface area (Å²) in [5.41, 5.74) is 2.39. The Labute approximate surface area is 176 Å². The number of anilines is 1. The van der Waals surface area contributed by atoms with Gasteiger partial charge in [-0.3, -0.25) is 4.79 Å². The third-order valence-corrected chi connectivity index (χ3v) is 6.51. The Kier molecular flexibility index (Phi) is 5.04. The van der Waals surface area contributed by atoms with Crippen molar-refractivity contribution >= 4 is 50.0 Å². The lowest BCUT2D eigenvalue weighted by Crippen LogP contribution is -2.39. The first-order valence-electron chi connectivity index (χ1n) is 9.33. The van der Waals surface area contributed by atoms with Crippen molar-refractivity contribution in [2.75, 3.05) is 11.9 Å². The second kappa shape index (κ2) is 7.38. The van der Waals surface area contributed by atoms with E-state index in [1.54, 1.807) is 11.1 Å². The van der Waals surface area contributed by atoms with Crippen molar-refractivity contribution in [1.82, 2.24) is 14.9 Å². The summed E-state index contributed by atoms with van der Waals surface area (Å²) in [7, 11) is 0. The largest absolute Gasteiger partial charge is 0.444 e. The first-order chi connectivity index (χ1) is 13.7. The lowest BCUT2D eigenvalue weighted by molar-refractivity contribution is -0.114. The van der Waals surface area contributed by atoms with Crippen LogP contribution in [0.4, 0.5) is 9.80 Å². The normalized spacial score (nSPS) is 14.0. The fourth-order valence-corrected chi connectivity index (χ4v) is 5.60. The van der Waals surface area contributed by atoms with Gasteiger partial charge < -0.3 is 15.0 Å². The molecule has 29 heavy (non-hydrogen) atoms. The molecule has 7 nitrogen and oxygen atoms in total. The summed E-state index contributed by atoms with van der Waals surface area (Å²) in [5, 5.41) is 4.56. The number of nitrogens with one attached hydrogen (secondary N) is 1. The molecule has 4 heterocycles. The van der Waals surface area contributed by atoms with Crippen molar-refractivity contribution in [2.24, 2.45) is 0 Å². The minimum Gasteiger partial charge on any atom is -0.444 e. The predicted molar refractivity (Wildman–Crippen MR) is 115 cm³/mol. The highest BCUT2D eigenvalue weighted by molar-refractivity contribution is 7.22. The molecule has 2 amide bonds. The van der Waals surface area contributed by atoms with Gasteiger partial charge in [-0.2, -0.15) is 0 Å². The molecule has 3 aromatic rings. The van der Waals surface area contributed by atoms with Gasteiger partial charge in [0, 0.05) is 30.1 Å². The van der Waals surface area contributed by atoms with Crippen LogP contribution in [-0.4, -0.2) is 39.0 Å². The van der Waals surface area contributed by atoms with Crippen LogP contribution in [0.3, 0.4) is 0 Å². The molecule has 0 atom stereocenters. The number of thiazole rings is 1. The number of carbonyl (C=O) groups is 2. The second-order valence-electron chi connectivity index (χ2n) is 7.89. The van der Waals surface area contributed by atoms with Crippen LogP contribution in [0.5, 0.6) is 0 Å². The third kappa shape index (κ3) is 4.11. The van der Waals surface area contributed by atoms with Crippen LogP contribution in [0, 0.1) is 0 Å². The number of fused-ring (bicyclic) bond motifs is 2. The lowest BCUT2D eigenvalue weighted by Gasteiger charge is -2.30. The zero-order valence-electron chi connectivity index (χ0n) is 16.7. The highest BCUT2D eigenvalue weighted by atomic mass is 32.1. The number of nitrogens with zero attached hydrogens (tertiary/aromatic N) is 3. The maximum atomic E-state index is 12.5. The van der Waals surface area contributed by atoms with E-state index in [1.807, 2.05) is 32.9 Å². The first kappa shape index (κ1) is 19.8. The summed E-state index contributed by atoms with van der Waals surface area (Å²) in [4.78, 5) is 37.0. The van der Waals surface area contributed by atoms with Crippen LogP contribution in [0.15, 0.2) is 18.3 Å². The molecule has 1 aliphatic rings. The van der Waals surface area contributed by atoms with E-state index in [9.17, 15) is 9.59 Å². The highest BCUT2D eigenvalue weighted by Crippen LogP contribution is 2.45. The monoisotopic (exact) mass is 430 g/mol. The molecule has 0 fully saturated rings. The van der Waals surface area contributed by atoms with Gasteiger partial charge in [0.15, 0.2) is 0 Å². The molecular formula is C20H22N4O3S2. The Morgan fingerprint density at radius 3 is 2.76 bits per heavy atom. The Balaban J connectivity index is 1.72. The highest BCUT2D eigenvalue weighted by Gasteiger charge is 2.31. The number of hydrogen-bond acceptors (Lipinski definition) is 7. The Morgan fingerprint density at radius 2 is 2.07 bits per heavy atom. The quantitative estimate of drug-likeness (QED) is 0.639. The zero-order chi connectivity index (χ0) is 20.8. The van der Waals surface area contributed by atoms with Crippen LogP contribution in [0.2, 0.25) is 0 Å². The van der Waals surface area contributed by atoms with Gasteiger partial charge in [-0.15, -0.1) is 11.3 Å². The molecule has 1 N–H and O–H groups in total. The number of aromatic nitrogens is 2. The number of hydrogen-bond donors (Lipinski definition) is 1. The number of pyridine rings is 1.